The number of rotatable bonds is 2. The summed E-state index contributed by atoms with van der Waals surface area (Å²) in [5.74, 6) is 0.424. The number of nitrogens with one attached hydrogen (secondary N) is 2. The van der Waals surface area contributed by atoms with E-state index in [-0.39, 0.29) is 5.91 Å². The molecule has 0 aromatic heterocycles. The first-order valence-corrected chi connectivity index (χ1v) is 5.30. The maximum absolute atomic E-state index is 11.4. The van der Waals surface area contributed by atoms with E-state index >= 15 is 0 Å². The van der Waals surface area contributed by atoms with Gasteiger partial charge in [0.2, 0.25) is 5.91 Å². The standard InChI is InChI=1S/C12H16N2O/c1-13-12(15)6-10-8-14-7-9-4-2-3-5-11(9)10/h2-5,10,14H,6-8H2,1H3,(H,13,15). The minimum Gasteiger partial charge on any atom is -0.359 e. The molecule has 0 saturated carbocycles. The zero-order valence-corrected chi connectivity index (χ0v) is 8.92. The van der Waals surface area contributed by atoms with Gasteiger partial charge in [0, 0.05) is 32.5 Å². The molecule has 0 saturated heterocycles. The minimum absolute atomic E-state index is 0.110. The molecule has 0 fully saturated rings. The third kappa shape index (κ3) is 2.18. The van der Waals surface area contributed by atoms with Crippen LogP contribution in [0.4, 0.5) is 0 Å². The van der Waals surface area contributed by atoms with Crippen LogP contribution >= 0.6 is 0 Å². The van der Waals surface area contributed by atoms with Crippen molar-refractivity contribution in [2.24, 2.45) is 0 Å². The van der Waals surface area contributed by atoms with Gasteiger partial charge >= 0.3 is 0 Å². The highest BCUT2D eigenvalue weighted by atomic mass is 16.1. The van der Waals surface area contributed by atoms with Gasteiger partial charge in [-0.05, 0) is 11.1 Å². The fraction of sp³-hybridized carbons (Fsp3) is 0.417. The number of carbonyl (C=O) groups is 1. The van der Waals surface area contributed by atoms with Gasteiger partial charge < -0.3 is 10.6 Å². The molecular weight excluding hydrogens is 188 g/mol. The molecule has 1 aromatic carbocycles. The van der Waals surface area contributed by atoms with Crippen molar-refractivity contribution in [3.05, 3.63) is 35.4 Å². The van der Waals surface area contributed by atoms with Gasteiger partial charge in [0.05, 0.1) is 0 Å². The smallest absolute Gasteiger partial charge is 0.220 e. The highest BCUT2D eigenvalue weighted by Crippen LogP contribution is 2.26. The first-order chi connectivity index (χ1) is 7.31. The lowest BCUT2D eigenvalue weighted by molar-refractivity contribution is -0.121. The predicted molar refractivity (Wildman–Crippen MR) is 59.6 cm³/mol. The van der Waals surface area contributed by atoms with Crippen molar-refractivity contribution in [1.29, 1.82) is 0 Å². The van der Waals surface area contributed by atoms with E-state index in [0.29, 0.717) is 12.3 Å². The largest absolute Gasteiger partial charge is 0.359 e. The summed E-state index contributed by atoms with van der Waals surface area (Å²) in [7, 11) is 1.69. The molecule has 1 heterocycles. The molecule has 0 radical (unpaired) electrons. The van der Waals surface area contributed by atoms with Crippen molar-refractivity contribution in [1.82, 2.24) is 10.6 Å². The summed E-state index contributed by atoms with van der Waals surface area (Å²) in [6, 6.07) is 8.34. The summed E-state index contributed by atoms with van der Waals surface area (Å²) >= 11 is 0. The van der Waals surface area contributed by atoms with E-state index in [1.54, 1.807) is 7.05 Å². The van der Waals surface area contributed by atoms with Crippen LogP contribution in [-0.4, -0.2) is 19.5 Å². The second-order valence-electron chi connectivity index (χ2n) is 3.90. The van der Waals surface area contributed by atoms with Crippen molar-refractivity contribution >= 4 is 5.91 Å². The number of benzene rings is 1. The predicted octanol–water partition coefficient (Wildman–Crippen LogP) is 1.01. The molecule has 2 N–H and O–H groups in total. The Labute approximate surface area is 89.9 Å². The molecule has 1 unspecified atom stereocenters. The molecule has 1 aromatic rings. The Morgan fingerprint density at radius 2 is 2.33 bits per heavy atom. The summed E-state index contributed by atoms with van der Waals surface area (Å²) in [4.78, 5) is 11.4. The van der Waals surface area contributed by atoms with Crippen molar-refractivity contribution < 1.29 is 4.79 Å². The molecule has 15 heavy (non-hydrogen) atoms. The molecule has 0 aliphatic carbocycles. The average Bonchev–Trinajstić information content (AvgIpc) is 2.29. The second-order valence-corrected chi connectivity index (χ2v) is 3.90. The van der Waals surface area contributed by atoms with Gasteiger partial charge in [0.15, 0.2) is 0 Å². The van der Waals surface area contributed by atoms with Crippen LogP contribution in [0.3, 0.4) is 0 Å². The molecule has 3 nitrogen and oxygen atoms in total. The number of hydrogen-bond acceptors (Lipinski definition) is 2. The van der Waals surface area contributed by atoms with Crippen LogP contribution in [-0.2, 0) is 11.3 Å². The minimum atomic E-state index is 0.110. The fourth-order valence-corrected chi connectivity index (χ4v) is 2.09. The summed E-state index contributed by atoms with van der Waals surface area (Å²) in [5.41, 5.74) is 2.64. The number of amides is 1. The average molecular weight is 204 g/mol. The van der Waals surface area contributed by atoms with Crippen molar-refractivity contribution in [3.63, 3.8) is 0 Å². The molecule has 1 aliphatic rings. The van der Waals surface area contributed by atoms with Crippen LogP contribution in [0.5, 0.6) is 0 Å². The third-order valence-corrected chi connectivity index (χ3v) is 2.91. The van der Waals surface area contributed by atoms with Gasteiger partial charge in [-0.2, -0.15) is 0 Å². The van der Waals surface area contributed by atoms with Gasteiger partial charge in [-0.1, -0.05) is 24.3 Å². The van der Waals surface area contributed by atoms with Gasteiger partial charge in [0.25, 0.3) is 0 Å². The molecule has 0 spiro atoms. The van der Waals surface area contributed by atoms with Crippen LogP contribution in [0, 0.1) is 0 Å². The quantitative estimate of drug-likeness (QED) is 0.755. The molecule has 1 atom stereocenters. The monoisotopic (exact) mass is 204 g/mol. The summed E-state index contributed by atoms with van der Waals surface area (Å²) < 4.78 is 0. The van der Waals surface area contributed by atoms with Gasteiger partial charge in [0.1, 0.15) is 0 Å². The Kier molecular flexibility index (Phi) is 3.02. The first kappa shape index (κ1) is 10.2. The molecule has 1 aliphatic heterocycles. The Morgan fingerprint density at radius 3 is 3.13 bits per heavy atom. The van der Waals surface area contributed by atoms with E-state index in [4.69, 9.17) is 0 Å². The van der Waals surface area contributed by atoms with E-state index in [0.717, 1.165) is 13.1 Å². The van der Waals surface area contributed by atoms with Gasteiger partial charge in [-0.15, -0.1) is 0 Å². The Morgan fingerprint density at radius 1 is 1.53 bits per heavy atom. The summed E-state index contributed by atoms with van der Waals surface area (Å²) in [6.07, 6.45) is 0.570. The maximum atomic E-state index is 11.4. The second kappa shape index (κ2) is 4.45. The Balaban J connectivity index is 2.18. The zero-order valence-electron chi connectivity index (χ0n) is 8.92. The lowest BCUT2D eigenvalue weighted by atomic mass is 9.88. The van der Waals surface area contributed by atoms with Crippen LogP contribution < -0.4 is 10.6 Å². The van der Waals surface area contributed by atoms with Gasteiger partial charge in [-0.3, -0.25) is 4.79 Å². The number of hydrogen-bond donors (Lipinski definition) is 2. The van der Waals surface area contributed by atoms with Crippen molar-refractivity contribution in [2.45, 2.75) is 18.9 Å². The first-order valence-electron chi connectivity index (χ1n) is 5.30. The molecule has 1 amide bonds. The van der Waals surface area contributed by atoms with Crippen LogP contribution in [0.2, 0.25) is 0 Å². The molecular formula is C12H16N2O. The maximum Gasteiger partial charge on any atom is 0.220 e. The molecule has 0 bridgehead atoms. The van der Waals surface area contributed by atoms with E-state index in [1.165, 1.54) is 11.1 Å². The topological polar surface area (TPSA) is 41.1 Å². The summed E-state index contributed by atoms with van der Waals surface area (Å²) in [5, 5.41) is 6.02. The molecule has 2 rings (SSSR count). The van der Waals surface area contributed by atoms with Crippen LogP contribution in [0.25, 0.3) is 0 Å². The van der Waals surface area contributed by atoms with Crippen molar-refractivity contribution in [3.8, 4) is 0 Å². The van der Waals surface area contributed by atoms with Crippen LogP contribution in [0.15, 0.2) is 24.3 Å². The Bertz CT molecular complexity index is 362. The highest BCUT2D eigenvalue weighted by molar-refractivity contribution is 5.76. The van der Waals surface area contributed by atoms with Crippen molar-refractivity contribution in [2.75, 3.05) is 13.6 Å². The molecule has 80 valence electrons. The lowest BCUT2D eigenvalue weighted by Gasteiger charge is -2.25. The fourth-order valence-electron chi connectivity index (χ4n) is 2.09. The van der Waals surface area contributed by atoms with E-state index in [1.807, 2.05) is 12.1 Å². The Hall–Kier alpha value is -1.35. The zero-order chi connectivity index (χ0) is 10.7. The van der Waals surface area contributed by atoms with E-state index < -0.39 is 0 Å². The normalized spacial score (nSPS) is 19.4. The van der Waals surface area contributed by atoms with Gasteiger partial charge in [-0.25, -0.2) is 0 Å². The number of fused-ring (bicyclic) bond motifs is 1. The lowest BCUT2D eigenvalue weighted by Crippen LogP contribution is -2.31. The third-order valence-electron chi connectivity index (χ3n) is 2.91. The van der Waals surface area contributed by atoms with E-state index in [9.17, 15) is 4.79 Å². The number of carbonyl (C=O) groups excluding carboxylic acids is 1. The summed E-state index contributed by atoms with van der Waals surface area (Å²) in [6.45, 7) is 1.81. The van der Waals surface area contributed by atoms with E-state index in [2.05, 4.69) is 22.8 Å². The van der Waals surface area contributed by atoms with Crippen LogP contribution in [0.1, 0.15) is 23.5 Å². The highest BCUT2D eigenvalue weighted by Gasteiger charge is 2.21. The SMILES string of the molecule is CNC(=O)CC1CNCc2ccccc21. The molecule has 3 heteroatoms.